The van der Waals surface area contributed by atoms with Crippen LogP contribution in [0.2, 0.25) is 0 Å². The maximum absolute atomic E-state index is 11.3. The maximum atomic E-state index is 11.3. The molecule has 0 aliphatic rings. The Hall–Kier alpha value is -0.840. The number of nitrogens with two attached hydrogens (primary N) is 1. The van der Waals surface area contributed by atoms with Crippen molar-refractivity contribution in [2.45, 2.75) is 84.0 Å². The Balaban J connectivity index is 3.12. The van der Waals surface area contributed by atoms with Gasteiger partial charge in [0, 0.05) is 6.42 Å². The molecule has 4 nitrogen and oxygen atoms in total. The van der Waals surface area contributed by atoms with Gasteiger partial charge in [-0.3, -0.25) is 15.6 Å². The number of carbonyl (C=O) groups excluding carboxylic acids is 1. The molecule has 0 saturated carbocycles. The van der Waals surface area contributed by atoms with Gasteiger partial charge < -0.3 is 5.73 Å². The van der Waals surface area contributed by atoms with Crippen molar-refractivity contribution in [2.75, 3.05) is 0 Å². The van der Waals surface area contributed by atoms with Crippen molar-refractivity contribution in [3.63, 3.8) is 0 Å². The van der Waals surface area contributed by atoms with E-state index in [0.717, 1.165) is 12.8 Å². The third kappa shape index (κ3) is 15.2. The first-order valence-corrected chi connectivity index (χ1v) is 8.42. The number of hydrazine groups is 1. The molecule has 0 atom stereocenters. The number of hydrogen-bond donors (Lipinski definition) is 3. The minimum absolute atomic E-state index is 0.0475. The molecule has 0 rings (SSSR count). The van der Waals surface area contributed by atoms with Gasteiger partial charge in [0.05, 0.1) is 0 Å². The first-order valence-electron chi connectivity index (χ1n) is 8.01. The van der Waals surface area contributed by atoms with Gasteiger partial charge in [0.2, 0.25) is 5.91 Å². The predicted molar refractivity (Wildman–Crippen MR) is 89.1 cm³/mol. The van der Waals surface area contributed by atoms with E-state index < -0.39 is 0 Å². The number of hydrogen-bond acceptors (Lipinski definition) is 2. The lowest BCUT2D eigenvalue weighted by atomic mass is 10.1. The van der Waals surface area contributed by atoms with Gasteiger partial charge in [-0.25, -0.2) is 0 Å². The van der Waals surface area contributed by atoms with E-state index in [1.54, 1.807) is 0 Å². The van der Waals surface area contributed by atoms with E-state index in [4.69, 9.17) is 5.73 Å². The summed E-state index contributed by atoms with van der Waals surface area (Å²) in [7, 11) is 0. The average molecular weight is 302 g/mol. The number of thiocarbonyl (C=S) groups is 1. The summed E-state index contributed by atoms with van der Waals surface area (Å²) in [6, 6.07) is 0. The second-order valence-corrected chi connectivity index (χ2v) is 5.76. The zero-order valence-electron chi connectivity index (χ0n) is 12.9. The highest BCUT2D eigenvalue weighted by Gasteiger charge is 2.00. The Bertz CT molecular complexity index is 260. The van der Waals surface area contributed by atoms with Crippen LogP contribution >= 0.6 is 12.2 Å². The molecule has 0 bridgehead atoms. The summed E-state index contributed by atoms with van der Waals surface area (Å²) in [4.78, 5) is 11.3. The number of unbranched alkanes of at least 4 members (excludes halogenated alkanes) is 10. The van der Waals surface area contributed by atoms with Crippen molar-refractivity contribution >= 4 is 23.2 Å². The third-order valence-corrected chi connectivity index (χ3v) is 3.43. The van der Waals surface area contributed by atoms with Crippen LogP contribution in [0.25, 0.3) is 0 Å². The minimum Gasteiger partial charge on any atom is -0.375 e. The van der Waals surface area contributed by atoms with Crippen molar-refractivity contribution < 1.29 is 4.79 Å². The highest BCUT2D eigenvalue weighted by molar-refractivity contribution is 7.80. The first kappa shape index (κ1) is 19.2. The molecule has 20 heavy (non-hydrogen) atoms. The van der Waals surface area contributed by atoms with Gasteiger partial charge in [-0.15, -0.1) is 0 Å². The van der Waals surface area contributed by atoms with Crippen molar-refractivity contribution in [3.8, 4) is 0 Å². The van der Waals surface area contributed by atoms with Crippen LogP contribution in [-0.4, -0.2) is 11.0 Å². The minimum atomic E-state index is -0.0475. The maximum Gasteiger partial charge on any atom is 0.238 e. The van der Waals surface area contributed by atoms with Gasteiger partial charge >= 0.3 is 0 Å². The molecule has 0 aromatic carbocycles. The van der Waals surface area contributed by atoms with Gasteiger partial charge in [-0.05, 0) is 18.6 Å². The monoisotopic (exact) mass is 301 g/mol. The molecule has 0 heterocycles. The summed E-state index contributed by atoms with van der Waals surface area (Å²) in [6.45, 7) is 2.25. The molecule has 0 saturated heterocycles. The normalized spacial score (nSPS) is 10.2. The molecule has 1 amide bonds. The van der Waals surface area contributed by atoms with Crippen molar-refractivity contribution in [1.29, 1.82) is 0 Å². The molecule has 0 unspecified atom stereocenters. The fraction of sp³-hybridized carbons (Fsp3) is 0.867. The predicted octanol–water partition coefficient (Wildman–Crippen LogP) is 3.55. The van der Waals surface area contributed by atoms with E-state index in [-0.39, 0.29) is 11.0 Å². The molecule has 0 fully saturated rings. The molecule has 0 radical (unpaired) electrons. The molecule has 0 spiro atoms. The van der Waals surface area contributed by atoms with E-state index in [1.807, 2.05) is 0 Å². The topological polar surface area (TPSA) is 67.2 Å². The van der Waals surface area contributed by atoms with E-state index in [9.17, 15) is 4.79 Å². The first-order chi connectivity index (χ1) is 9.66. The van der Waals surface area contributed by atoms with Gasteiger partial charge in [0.1, 0.15) is 0 Å². The molecule has 5 heteroatoms. The van der Waals surface area contributed by atoms with Gasteiger partial charge in [-0.1, -0.05) is 71.1 Å². The van der Waals surface area contributed by atoms with Crippen LogP contribution in [-0.2, 0) is 4.79 Å². The van der Waals surface area contributed by atoms with Crippen LogP contribution < -0.4 is 16.6 Å². The van der Waals surface area contributed by atoms with Crippen LogP contribution in [0, 0.1) is 0 Å². The largest absolute Gasteiger partial charge is 0.375 e. The van der Waals surface area contributed by atoms with Crippen molar-refractivity contribution in [3.05, 3.63) is 0 Å². The quantitative estimate of drug-likeness (QED) is 0.293. The summed E-state index contributed by atoms with van der Waals surface area (Å²) < 4.78 is 0. The lowest BCUT2D eigenvalue weighted by molar-refractivity contribution is -0.121. The van der Waals surface area contributed by atoms with E-state index in [0.29, 0.717) is 6.42 Å². The number of amides is 1. The van der Waals surface area contributed by atoms with Gasteiger partial charge in [-0.2, -0.15) is 0 Å². The zero-order chi connectivity index (χ0) is 15.1. The molecule has 0 aliphatic carbocycles. The highest BCUT2D eigenvalue weighted by Crippen LogP contribution is 2.11. The average Bonchev–Trinajstić information content (AvgIpc) is 2.42. The van der Waals surface area contributed by atoms with E-state index >= 15 is 0 Å². The molecule has 0 aliphatic heterocycles. The summed E-state index contributed by atoms with van der Waals surface area (Å²) in [5.74, 6) is -0.0475. The Morgan fingerprint density at radius 2 is 1.30 bits per heavy atom. The van der Waals surface area contributed by atoms with Gasteiger partial charge in [0.25, 0.3) is 0 Å². The van der Waals surface area contributed by atoms with E-state index in [2.05, 4.69) is 30.0 Å². The smallest absolute Gasteiger partial charge is 0.238 e. The summed E-state index contributed by atoms with van der Waals surface area (Å²) in [5.41, 5.74) is 10.1. The van der Waals surface area contributed by atoms with Crippen LogP contribution in [0.15, 0.2) is 0 Å². The van der Waals surface area contributed by atoms with Crippen molar-refractivity contribution in [1.82, 2.24) is 10.9 Å². The molecule has 0 aromatic heterocycles. The third-order valence-electron chi connectivity index (χ3n) is 3.33. The molecular formula is C15H31N3OS. The molecule has 118 valence electrons. The fourth-order valence-corrected chi connectivity index (χ4v) is 2.19. The van der Waals surface area contributed by atoms with Crippen LogP contribution in [0.1, 0.15) is 84.0 Å². The van der Waals surface area contributed by atoms with Crippen molar-refractivity contribution in [2.24, 2.45) is 5.73 Å². The highest BCUT2D eigenvalue weighted by atomic mass is 32.1. The fourth-order valence-electron chi connectivity index (χ4n) is 2.14. The standard InChI is InChI=1S/C15H31N3OS/c1-2-3-4-5-6-7-8-9-10-11-12-13-14(19)17-18-15(16)20/h2-13H2,1H3,(H,17,19)(H3,16,18,20). The van der Waals surface area contributed by atoms with Crippen LogP contribution in [0.5, 0.6) is 0 Å². The number of carbonyl (C=O) groups is 1. The molecule has 0 aromatic rings. The zero-order valence-corrected chi connectivity index (χ0v) is 13.7. The number of nitrogens with one attached hydrogen (secondary N) is 2. The lowest BCUT2D eigenvalue weighted by Crippen LogP contribution is -2.44. The Morgan fingerprint density at radius 3 is 1.75 bits per heavy atom. The molecular weight excluding hydrogens is 270 g/mol. The van der Waals surface area contributed by atoms with E-state index in [1.165, 1.54) is 57.8 Å². The SMILES string of the molecule is CCCCCCCCCCCCCC(=O)NNC(N)=S. The second-order valence-electron chi connectivity index (χ2n) is 5.32. The lowest BCUT2D eigenvalue weighted by Gasteiger charge is -2.06. The Kier molecular flexibility index (Phi) is 14.0. The second kappa shape index (κ2) is 14.6. The summed E-state index contributed by atoms with van der Waals surface area (Å²) in [5, 5.41) is 0.0947. The Labute approximate surface area is 129 Å². The summed E-state index contributed by atoms with van der Waals surface area (Å²) in [6.07, 6.45) is 14.7. The van der Waals surface area contributed by atoms with Gasteiger partial charge in [0.15, 0.2) is 5.11 Å². The molecule has 4 N–H and O–H groups in total. The summed E-state index contributed by atoms with van der Waals surface area (Å²) >= 11 is 4.59. The van der Waals surface area contributed by atoms with Crippen LogP contribution in [0.3, 0.4) is 0 Å². The van der Waals surface area contributed by atoms with Crippen LogP contribution in [0.4, 0.5) is 0 Å². The number of rotatable bonds is 12. The Morgan fingerprint density at radius 1 is 0.850 bits per heavy atom.